The van der Waals surface area contributed by atoms with Gasteiger partial charge in [0, 0.05) is 24.4 Å². The van der Waals surface area contributed by atoms with Crippen LogP contribution in [-0.4, -0.2) is 18.2 Å². The van der Waals surface area contributed by atoms with Crippen LogP contribution in [0.1, 0.15) is 11.3 Å². The van der Waals surface area contributed by atoms with Crippen molar-refractivity contribution in [2.45, 2.75) is 6.92 Å². The standard InChI is InChI=1S/C17H13N3O4/c1-11-17(19-24-20(11)21)13-7-15-16(23-10-22-15)8-14(13)18-9-12-5-3-2-4-6-12/h2-9H,10H2,1H3. The lowest BCUT2D eigenvalue weighted by Gasteiger charge is -2.04. The van der Waals surface area contributed by atoms with Gasteiger partial charge in [-0.15, -0.1) is 0 Å². The molecule has 0 radical (unpaired) electrons. The average Bonchev–Trinajstić information content (AvgIpc) is 3.20. The molecule has 0 spiro atoms. The van der Waals surface area contributed by atoms with E-state index in [1.165, 1.54) is 0 Å². The molecule has 2 aromatic carbocycles. The molecule has 1 aliphatic rings. The maximum atomic E-state index is 11.5. The Labute approximate surface area is 137 Å². The summed E-state index contributed by atoms with van der Waals surface area (Å²) in [6.45, 7) is 1.79. The smallest absolute Gasteiger partial charge is 0.253 e. The van der Waals surface area contributed by atoms with Crippen LogP contribution in [0.25, 0.3) is 11.3 Å². The van der Waals surface area contributed by atoms with Crippen molar-refractivity contribution in [3.05, 3.63) is 58.9 Å². The van der Waals surface area contributed by atoms with Crippen molar-refractivity contribution in [1.29, 1.82) is 0 Å². The van der Waals surface area contributed by atoms with E-state index in [1.807, 2.05) is 30.3 Å². The van der Waals surface area contributed by atoms with Gasteiger partial charge in [0.1, 0.15) is 0 Å². The molecule has 7 heteroatoms. The molecule has 1 aromatic heterocycles. The third-order valence-electron chi connectivity index (χ3n) is 3.72. The molecule has 1 aliphatic heterocycles. The first-order valence-electron chi connectivity index (χ1n) is 7.32. The Morgan fingerprint density at radius 2 is 1.92 bits per heavy atom. The molecule has 7 nitrogen and oxygen atoms in total. The second kappa shape index (κ2) is 5.69. The average molecular weight is 323 g/mol. The summed E-state index contributed by atoms with van der Waals surface area (Å²) in [6.07, 6.45) is 1.74. The molecule has 2 heterocycles. The van der Waals surface area contributed by atoms with Gasteiger partial charge in [0.05, 0.1) is 11.3 Å². The molecule has 0 aliphatic carbocycles. The minimum absolute atomic E-state index is 0.153. The maximum absolute atomic E-state index is 11.5. The fourth-order valence-electron chi connectivity index (χ4n) is 2.45. The number of ether oxygens (including phenoxy) is 2. The van der Waals surface area contributed by atoms with Crippen LogP contribution in [0.4, 0.5) is 5.69 Å². The fraction of sp³-hybridized carbons (Fsp3) is 0.118. The number of hydrogen-bond acceptors (Lipinski definition) is 6. The summed E-state index contributed by atoms with van der Waals surface area (Å²) >= 11 is 0. The molecule has 0 fully saturated rings. The molecular formula is C17H13N3O4. The third-order valence-corrected chi connectivity index (χ3v) is 3.72. The van der Waals surface area contributed by atoms with Gasteiger partial charge in [-0.05, 0) is 16.5 Å². The second-order valence-electron chi connectivity index (χ2n) is 5.26. The van der Waals surface area contributed by atoms with E-state index in [1.54, 1.807) is 25.3 Å². The minimum Gasteiger partial charge on any atom is -0.454 e. The molecule has 0 amide bonds. The number of hydrogen-bond donors (Lipinski definition) is 0. The Bertz CT molecular complexity index is 919. The molecule has 0 atom stereocenters. The van der Waals surface area contributed by atoms with Gasteiger partial charge in [-0.25, -0.2) is 0 Å². The summed E-state index contributed by atoms with van der Waals surface area (Å²) in [6, 6.07) is 13.2. The lowest BCUT2D eigenvalue weighted by Crippen LogP contribution is -2.25. The quantitative estimate of drug-likeness (QED) is 0.546. The molecule has 120 valence electrons. The Morgan fingerprint density at radius 3 is 2.62 bits per heavy atom. The zero-order chi connectivity index (χ0) is 16.5. The van der Waals surface area contributed by atoms with E-state index in [4.69, 9.17) is 9.47 Å². The van der Waals surface area contributed by atoms with E-state index in [0.717, 1.165) is 5.56 Å². The van der Waals surface area contributed by atoms with Crippen LogP contribution in [0.5, 0.6) is 11.5 Å². The highest BCUT2D eigenvalue weighted by Gasteiger charge is 2.24. The molecule has 0 unspecified atom stereocenters. The van der Waals surface area contributed by atoms with Crippen LogP contribution < -0.4 is 14.4 Å². The van der Waals surface area contributed by atoms with Gasteiger partial charge >= 0.3 is 0 Å². The molecule has 0 bridgehead atoms. The fourth-order valence-corrected chi connectivity index (χ4v) is 2.45. The molecule has 0 saturated carbocycles. The zero-order valence-corrected chi connectivity index (χ0v) is 12.8. The van der Waals surface area contributed by atoms with E-state index < -0.39 is 0 Å². The first-order chi connectivity index (χ1) is 11.7. The number of benzene rings is 2. The van der Waals surface area contributed by atoms with E-state index >= 15 is 0 Å². The van der Waals surface area contributed by atoms with Crippen LogP contribution in [0, 0.1) is 12.1 Å². The predicted octanol–water partition coefficient (Wildman–Crippen LogP) is 2.76. The van der Waals surface area contributed by atoms with Gasteiger partial charge in [0.25, 0.3) is 5.69 Å². The number of aliphatic imine (C=N–C) groups is 1. The maximum Gasteiger partial charge on any atom is 0.253 e. The summed E-state index contributed by atoms with van der Waals surface area (Å²) in [5.41, 5.74) is 2.98. The Hall–Kier alpha value is -3.35. The van der Waals surface area contributed by atoms with Gasteiger partial charge in [0.15, 0.2) is 11.5 Å². The van der Waals surface area contributed by atoms with Crippen LogP contribution in [0.15, 0.2) is 52.1 Å². The first kappa shape index (κ1) is 14.3. The van der Waals surface area contributed by atoms with Gasteiger partial charge < -0.3 is 14.7 Å². The van der Waals surface area contributed by atoms with Crippen molar-refractivity contribution in [3.63, 3.8) is 0 Å². The van der Waals surface area contributed by atoms with Crippen LogP contribution in [0.3, 0.4) is 0 Å². The van der Waals surface area contributed by atoms with Crippen molar-refractivity contribution >= 4 is 11.9 Å². The molecule has 24 heavy (non-hydrogen) atoms. The molecule has 0 N–H and O–H groups in total. The van der Waals surface area contributed by atoms with E-state index in [2.05, 4.69) is 14.8 Å². The monoisotopic (exact) mass is 323 g/mol. The first-order valence-corrected chi connectivity index (χ1v) is 7.32. The van der Waals surface area contributed by atoms with Crippen molar-refractivity contribution in [3.8, 4) is 22.8 Å². The summed E-state index contributed by atoms with van der Waals surface area (Å²) in [5, 5.41) is 15.4. The van der Waals surface area contributed by atoms with E-state index in [9.17, 15) is 5.21 Å². The number of nitrogens with zero attached hydrogens (tertiary/aromatic N) is 3. The van der Waals surface area contributed by atoms with E-state index in [-0.39, 0.29) is 6.79 Å². The highest BCUT2D eigenvalue weighted by Crippen LogP contribution is 2.42. The number of rotatable bonds is 3. The third kappa shape index (κ3) is 2.45. The Morgan fingerprint density at radius 1 is 1.17 bits per heavy atom. The topological polar surface area (TPSA) is 83.8 Å². The van der Waals surface area contributed by atoms with Gasteiger partial charge in [-0.2, -0.15) is 0 Å². The molecule has 0 saturated heterocycles. The molecule has 3 aromatic rings. The Kier molecular flexibility index (Phi) is 3.38. The molecule has 4 rings (SSSR count). The van der Waals surface area contributed by atoms with Crippen molar-refractivity contribution in [1.82, 2.24) is 5.16 Å². The van der Waals surface area contributed by atoms with Crippen molar-refractivity contribution in [2.75, 3.05) is 6.79 Å². The summed E-state index contributed by atoms with van der Waals surface area (Å²) in [4.78, 5) is 4.89. The summed E-state index contributed by atoms with van der Waals surface area (Å²) in [5.74, 6) is 1.19. The molecular weight excluding hydrogens is 310 g/mol. The van der Waals surface area contributed by atoms with Gasteiger partial charge in [-0.1, -0.05) is 30.3 Å². The predicted molar refractivity (Wildman–Crippen MR) is 85.5 cm³/mol. The van der Waals surface area contributed by atoms with Gasteiger partial charge in [-0.3, -0.25) is 9.62 Å². The zero-order valence-electron chi connectivity index (χ0n) is 12.8. The normalized spacial score (nSPS) is 12.9. The Balaban J connectivity index is 1.83. The number of aromatic nitrogens is 2. The highest BCUT2D eigenvalue weighted by molar-refractivity contribution is 5.86. The van der Waals surface area contributed by atoms with Crippen LogP contribution >= 0.6 is 0 Å². The van der Waals surface area contributed by atoms with E-state index in [0.29, 0.717) is 39.0 Å². The SMILES string of the molecule is Cc1c(-c2cc3c(cc2N=Cc2ccccc2)OCO3)no[n+]1[O-]. The minimum atomic E-state index is 0.153. The highest BCUT2D eigenvalue weighted by atomic mass is 16.8. The number of fused-ring (bicyclic) bond motifs is 1. The van der Waals surface area contributed by atoms with Crippen LogP contribution in [0.2, 0.25) is 0 Å². The van der Waals surface area contributed by atoms with Gasteiger partial charge in [0.2, 0.25) is 12.5 Å². The lowest BCUT2D eigenvalue weighted by atomic mass is 10.1. The second-order valence-corrected chi connectivity index (χ2v) is 5.26. The summed E-state index contributed by atoms with van der Waals surface area (Å²) in [7, 11) is 0. The lowest BCUT2D eigenvalue weighted by molar-refractivity contribution is -0.806. The van der Waals surface area contributed by atoms with Crippen LogP contribution in [-0.2, 0) is 0 Å². The summed E-state index contributed by atoms with van der Waals surface area (Å²) < 4.78 is 15.5. The van der Waals surface area contributed by atoms with Crippen molar-refractivity contribution in [2.24, 2.45) is 4.99 Å². The van der Waals surface area contributed by atoms with Crippen molar-refractivity contribution < 1.29 is 19.0 Å². The largest absolute Gasteiger partial charge is 0.454 e.